The highest BCUT2D eigenvalue weighted by molar-refractivity contribution is 8.30. The van der Waals surface area contributed by atoms with E-state index in [1.807, 2.05) is 6.07 Å². The summed E-state index contributed by atoms with van der Waals surface area (Å²) in [6, 6.07) is 21.3. The molecule has 0 atom stereocenters. The van der Waals surface area contributed by atoms with E-state index in [2.05, 4.69) is 9.95 Å². The number of anilines is 1. The van der Waals surface area contributed by atoms with Gasteiger partial charge in [0.25, 0.3) is 23.1 Å². The van der Waals surface area contributed by atoms with Crippen molar-refractivity contribution in [2.24, 2.45) is 5.10 Å². The average molecular weight is 1340 g/mol. The van der Waals surface area contributed by atoms with Crippen LogP contribution >= 0.6 is 35.3 Å². The highest BCUT2D eigenvalue weighted by atomic mass is 32.2. The number of carboxylic acid groups (broad SMARTS) is 5. The number of carboxylic acids is 5. The zero-order valence-corrected chi connectivity index (χ0v) is 52.6. The number of carbonyl (C=O) groups excluding carboxylic acids is 5. The fourth-order valence-corrected chi connectivity index (χ4v) is 14.9. The molecular formula is C61H46N6O20S5. The first-order chi connectivity index (χ1) is 43.4. The van der Waals surface area contributed by atoms with Crippen molar-refractivity contribution in [3.05, 3.63) is 206 Å². The van der Waals surface area contributed by atoms with Gasteiger partial charge in [0.05, 0.1) is 65.4 Å². The maximum atomic E-state index is 12.4. The standard InChI is InChI=1S/C14H8N2O4S.C12H12N2O4S3.C12H10N2O3.C12H8O4.C11H8O5S/c1-3-11-13(10(7-15)16-2)9-6-8(14(17)18)4-5-12(9)21(11,19)20;1-3-6-9(17)14(5-7(15)16)11(20-6)8-10(18)13(4-2)12(19)21-8;1-2-9-10(12(16)17)13-14(11(9)15)8-6-4-3-5-7-8;1-2-7-10(13)8-4-3-6(12(15)16)5-9(8)11(7)14;1-2-8-10(12)7-5-6(11(13)14)3-4-9(7)17(8,15)16/h3-6H,1H3,(H,17,18);3H,4-5H2,1-2H3,(H,15,16);2-7H,1H3,(H,16,17);2-5H,1H3,(H,15,16);2-5H,1H3,(H,13,14)/b11-3?,13-10-;6-3?,11-8+;9-2-;;. The molecule has 0 bridgehead atoms. The van der Waals surface area contributed by atoms with Crippen LogP contribution in [0, 0.1) is 17.9 Å². The van der Waals surface area contributed by atoms with E-state index in [0.717, 1.165) is 44.8 Å². The number of allylic oxidation sites excluding steroid dienone is 8. The van der Waals surface area contributed by atoms with Crippen molar-refractivity contribution in [2.75, 3.05) is 11.6 Å². The second kappa shape index (κ2) is 28.7. The molecule has 0 spiro atoms. The number of carbonyl (C=O) groups is 10. The Morgan fingerprint density at radius 1 is 0.641 bits per heavy atom. The summed E-state index contributed by atoms with van der Waals surface area (Å²) in [5.74, 6) is -7.95. The molecule has 1 aromatic heterocycles. The molecule has 1 fully saturated rings. The molecule has 92 heavy (non-hydrogen) atoms. The number of fused-ring (bicyclic) bond motifs is 3. The fourth-order valence-electron chi connectivity index (χ4n) is 9.05. The highest BCUT2D eigenvalue weighted by Crippen LogP contribution is 2.45. The third-order valence-corrected chi connectivity index (χ3v) is 20.0. The van der Waals surface area contributed by atoms with Gasteiger partial charge in [0.2, 0.25) is 25.5 Å². The number of hydrazone groups is 1. The zero-order chi connectivity index (χ0) is 68.6. The number of para-hydroxylation sites is 1. The minimum atomic E-state index is -3.84. The van der Waals surface area contributed by atoms with Gasteiger partial charge >= 0.3 is 29.8 Å². The van der Waals surface area contributed by atoms with Crippen molar-refractivity contribution < 1.29 is 90.3 Å². The summed E-state index contributed by atoms with van der Waals surface area (Å²) >= 11 is 7.35. The molecule has 26 nitrogen and oxygen atoms in total. The number of hydrogen-bond acceptors (Lipinski definition) is 20. The molecule has 5 heterocycles. The van der Waals surface area contributed by atoms with E-state index >= 15 is 0 Å². The Morgan fingerprint density at radius 3 is 1.61 bits per heavy atom. The van der Waals surface area contributed by atoms with E-state index in [0.29, 0.717) is 30.7 Å². The third kappa shape index (κ3) is 13.6. The lowest BCUT2D eigenvalue weighted by molar-refractivity contribution is -0.138. The summed E-state index contributed by atoms with van der Waals surface area (Å²) in [5.41, 5.74) is -0.00583. The minimum Gasteiger partial charge on any atom is -0.480 e. The SMILES string of the molecule is C/C=C1\C(=O)N(c2ccccc2)N=C1C(=O)O.CC=C1C(=O)c2cc(C(=O)O)ccc2S1(=O)=O.CC=C1C(=O)c2ccc(C(=O)O)cc2C1=O.CC=c1s/c(=C2/SC(=S)N(CC)C2=O)n(CC(=O)O)c1=O.[C-]#[N+]/C(C#N)=C1\C(=CC)S(=O)(=O)c2ccc(C(=O)O)cc21. The molecule has 2 amide bonds. The Labute approximate surface area is 534 Å². The number of ketones is 3. The lowest BCUT2D eigenvalue weighted by Crippen LogP contribution is -2.35. The maximum absolute atomic E-state index is 12.4. The molecule has 1 saturated heterocycles. The number of amides is 2. The first kappa shape index (κ1) is 70.1. The highest BCUT2D eigenvalue weighted by Gasteiger charge is 2.41. The molecule has 4 aromatic carbocycles. The molecule has 1 aliphatic carbocycles. The molecule has 5 aromatic rings. The van der Waals surface area contributed by atoms with Crippen molar-refractivity contribution in [3.8, 4) is 6.07 Å². The summed E-state index contributed by atoms with van der Waals surface area (Å²) in [6.45, 7) is 16.6. The first-order valence-electron chi connectivity index (χ1n) is 26.2. The molecule has 0 saturated carbocycles. The molecule has 0 unspecified atom stereocenters. The van der Waals surface area contributed by atoms with E-state index in [1.165, 1.54) is 85.5 Å². The van der Waals surface area contributed by atoms with Crippen LogP contribution in [0.25, 0.3) is 21.4 Å². The molecule has 10 rings (SSSR count). The van der Waals surface area contributed by atoms with E-state index in [9.17, 15) is 69.6 Å². The second-order valence-corrected chi connectivity index (χ2v) is 25.0. The normalized spacial score (nSPS) is 18.4. The summed E-state index contributed by atoms with van der Waals surface area (Å²) < 4.78 is 50.8. The van der Waals surface area contributed by atoms with Crippen LogP contribution in [0.4, 0.5) is 5.69 Å². The van der Waals surface area contributed by atoms with Crippen LogP contribution in [0.15, 0.2) is 156 Å². The van der Waals surface area contributed by atoms with Crippen LogP contribution < -0.4 is 19.8 Å². The van der Waals surface area contributed by atoms with Crippen molar-refractivity contribution in [1.29, 1.82) is 5.26 Å². The second-order valence-electron chi connectivity index (χ2n) is 18.5. The Morgan fingerprint density at radius 2 is 1.15 bits per heavy atom. The van der Waals surface area contributed by atoms with Crippen LogP contribution in [-0.2, 0) is 45.4 Å². The van der Waals surface area contributed by atoms with Gasteiger partial charge in [-0.2, -0.15) is 10.1 Å². The van der Waals surface area contributed by atoms with Gasteiger partial charge in [0.1, 0.15) is 25.3 Å². The smallest absolute Gasteiger partial charge is 0.357 e. The Bertz CT molecular complexity index is 4860. The number of nitriles is 1. The van der Waals surface area contributed by atoms with Crippen molar-refractivity contribution in [2.45, 2.75) is 57.9 Å². The van der Waals surface area contributed by atoms with Gasteiger partial charge in [-0.05, 0) is 114 Å². The van der Waals surface area contributed by atoms with E-state index in [1.54, 1.807) is 64.1 Å². The molecule has 5 N–H and O–H groups in total. The third-order valence-electron chi connectivity index (χ3n) is 13.3. The molecule has 0 radical (unpaired) electrons. The predicted molar refractivity (Wildman–Crippen MR) is 337 cm³/mol. The molecule has 31 heteroatoms. The summed E-state index contributed by atoms with van der Waals surface area (Å²) in [5, 5.41) is 58.4. The number of aliphatic carboxylic acids is 2. The van der Waals surface area contributed by atoms with Gasteiger partial charge in [-0.3, -0.25) is 43.0 Å². The zero-order valence-electron chi connectivity index (χ0n) is 48.5. The van der Waals surface area contributed by atoms with Gasteiger partial charge in [-0.25, -0.2) is 46.1 Å². The Hall–Kier alpha value is -11.0. The number of hydrogen-bond donors (Lipinski definition) is 5. The van der Waals surface area contributed by atoms with Gasteiger partial charge in [0.15, 0.2) is 17.3 Å². The summed E-state index contributed by atoms with van der Waals surface area (Å²) in [6.07, 6.45) is 7.03. The minimum absolute atomic E-state index is 0.0113. The number of aromatic nitrogens is 1. The number of thiazole rings is 1. The van der Waals surface area contributed by atoms with E-state index in [-0.39, 0.29) is 98.4 Å². The Kier molecular flexibility index (Phi) is 21.9. The van der Waals surface area contributed by atoms with Gasteiger partial charge in [0, 0.05) is 28.8 Å². The van der Waals surface area contributed by atoms with Crippen LogP contribution in [0.2, 0.25) is 0 Å². The summed E-state index contributed by atoms with van der Waals surface area (Å²) in [4.78, 5) is 130. The largest absolute Gasteiger partial charge is 0.480 e. The molecular weight excluding hydrogens is 1300 g/mol. The monoisotopic (exact) mass is 1340 g/mol. The number of benzene rings is 4. The van der Waals surface area contributed by atoms with Crippen LogP contribution in [0.3, 0.4) is 0 Å². The number of Topliss-reactive ketones (excluding diaryl/α,β-unsaturated/α-hetero) is 3. The topological polar surface area (TPSA) is 409 Å². The lowest BCUT2D eigenvalue weighted by Gasteiger charge is -2.10. The first-order valence-corrected chi connectivity index (χ1v) is 31.2. The van der Waals surface area contributed by atoms with Gasteiger partial charge < -0.3 is 25.5 Å². The van der Waals surface area contributed by atoms with E-state index in [4.69, 9.17) is 49.6 Å². The molecule has 470 valence electrons. The van der Waals surface area contributed by atoms with Crippen LogP contribution in [-0.4, -0.2) is 127 Å². The number of aromatic carboxylic acids is 3. The summed E-state index contributed by atoms with van der Waals surface area (Å²) in [7, 11) is -7.61. The number of thioether (sulfide) groups is 1. The molecule has 5 aliphatic rings. The van der Waals surface area contributed by atoms with Gasteiger partial charge in [-0.1, -0.05) is 72.6 Å². The van der Waals surface area contributed by atoms with Crippen LogP contribution in [0.1, 0.15) is 109 Å². The van der Waals surface area contributed by atoms with Crippen molar-refractivity contribution in [1.82, 2.24) is 9.47 Å². The predicted octanol–water partition coefficient (Wildman–Crippen LogP) is 6.40. The van der Waals surface area contributed by atoms with E-state index < -0.39 is 79.1 Å². The average Bonchev–Trinajstić information content (AvgIpc) is 1.60. The number of thiocarbonyl (C=S) groups is 1. The Balaban J connectivity index is 0.000000183. The fraction of sp³-hybridized carbons (Fsp3) is 0.131. The van der Waals surface area contributed by atoms with Crippen LogP contribution in [0.5, 0.6) is 0 Å². The number of sulfone groups is 2. The quantitative estimate of drug-likeness (QED) is 0.0368. The van der Waals surface area contributed by atoms with Gasteiger partial charge in [-0.15, -0.1) is 11.3 Å². The maximum Gasteiger partial charge on any atom is 0.357 e. The lowest BCUT2D eigenvalue weighted by atomic mass is 10.0. The molecule has 4 aliphatic heterocycles. The van der Waals surface area contributed by atoms with Crippen molar-refractivity contribution >= 4 is 146 Å². The number of nitrogens with zero attached hydrogens (tertiary/aromatic N) is 6. The van der Waals surface area contributed by atoms with Crippen molar-refractivity contribution in [3.63, 3.8) is 0 Å². The number of rotatable bonds is 8.